The Hall–Kier alpha value is -3.19. The van der Waals surface area contributed by atoms with Crippen LogP contribution in [0.1, 0.15) is 22.8 Å². The molecule has 7 nitrogen and oxygen atoms in total. The minimum atomic E-state index is -0.228. The summed E-state index contributed by atoms with van der Waals surface area (Å²) in [6.45, 7) is 4.66. The summed E-state index contributed by atoms with van der Waals surface area (Å²) in [6.07, 6.45) is 0. The van der Waals surface area contributed by atoms with Crippen molar-refractivity contribution in [1.82, 2.24) is 5.32 Å². The van der Waals surface area contributed by atoms with Crippen LogP contribution in [0.5, 0.6) is 0 Å². The van der Waals surface area contributed by atoms with Crippen molar-refractivity contribution in [3.8, 4) is 0 Å². The summed E-state index contributed by atoms with van der Waals surface area (Å²) in [6, 6.07) is 14.3. The zero-order chi connectivity index (χ0) is 20.5. The van der Waals surface area contributed by atoms with Crippen LogP contribution in [0.4, 0.5) is 11.4 Å². The van der Waals surface area contributed by atoms with Crippen LogP contribution in [0.25, 0.3) is 0 Å². The quantitative estimate of drug-likeness (QED) is 0.544. The predicted molar refractivity (Wildman–Crippen MR) is 110 cm³/mol. The molecule has 0 radical (unpaired) electrons. The first-order valence-electron chi connectivity index (χ1n) is 9.23. The van der Waals surface area contributed by atoms with Gasteiger partial charge in [-0.2, -0.15) is 0 Å². The Kier molecular flexibility index (Phi) is 7.71. The molecule has 0 heterocycles. The van der Waals surface area contributed by atoms with Gasteiger partial charge in [-0.3, -0.25) is 14.4 Å². The molecule has 0 aliphatic heterocycles. The largest absolute Gasteiger partial charge is 0.352 e. The number of benzene rings is 2. The zero-order valence-electron chi connectivity index (χ0n) is 16.5. The highest BCUT2D eigenvalue weighted by Crippen LogP contribution is 2.10. The first-order chi connectivity index (χ1) is 13.4. The summed E-state index contributed by atoms with van der Waals surface area (Å²) in [5.74, 6) is -0.574. The monoisotopic (exact) mass is 383 g/mol. The van der Waals surface area contributed by atoms with Crippen molar-refractivity contribution in [2.45, 2.75) is 13.8 Å². The van der Waals surface area contributed by atoms with Crippen molar-refractivity contribution < 1.29 is 19.3 Å². The zero-order valence-corrected chi connectivity index (χ0v) is 16.5. The fraction of sp³-hybridized carbons (Fsp3) is 0.286. The molecule has 0 fully saturated rings. The Labute approximate surface area is 165 Å². The molecule has 0 aromatic heterocycles. The van der Waals surface area contributed by atoms with Gasteiger partial charge in [0, 0.05) is 23.5 Å². The average molecular weight is 383 g/mol. The van der Waals surface area contributed by atoms with Crippen molar-refractivity contribution in [3.63, 3.8) is 0 Å². The van der Waals surface area contributed by atoms with Gasteiger partial charge in [-0.05, 0) is 44.2 Å². The van der Waals surface area contributed by atoms with Crippen molar-refractivity contribution in [1.29, 1.82) is 0 Å². The summed E-state index contributed by atoms with van der Waals surface area (Å²) < 4.78 is 0. The summed E-state index contributed by atoms with van der Waals surface area (Å²) in [4.78, 5) is 37.0. The van der Waals surface area contributed by atoms with E-state index in [1.165, 1.54) is 0 Å². The van der Waals surface area contributed by atoms with Gasteiger partial charge >= 0.3 is 0 Å². The van der Waals surface area contributed by atoms with Gasteiger partial charge in [0.2, 0.25) is 0 Å². The number of carbonyl (C=O) groups excluding carboxylic acids is 3. The van der Waals surface area contributed by atoms with E-state index in [0.717, 1.165) is 16.2 Å². The Bertz CT molecular complexity index is 834. The number of quaternary nitrogens is 1. The maximum atomic E-state index is 12.2. The van der Waals surface area contributed by atoms with Crippen LogP contribution >= 0.6 is 0 Å². The highest BCUT2D eigenvalue weighted by atomic mass is 16.2. The summed E-state index contributed by atoms with van der Waals surface area (Å²) in [5, 5.41) is 8.31. The van der Waals surface area contributed by atoms with Crippen LogP contribution in [-0.4, -0.2) is 44.4 Å². The number of aryl methyl sites for hydroxylation is 1. The van der Waals surface area contributed by atoms with Crippen LogP contribution in [-0.2, 0) is 9.59 Å². The van der Waals surface area contributed by atoms with Gasteiger partial charge < -0.3 is 20.9 Å². The highest BCUT2D eigenvalue weighted by molar-refractivity contribution is 5.97. The normalized spacial score (nSPS) is 11.4. The first-order valence-corrected chi connectivity index (χ1v) is 9.23. The van der Waals surface area contributed by atoms with Crippen LogP contribution < -0.4 is 20.9 Å². The second kappa shape index (κ2) is 10.2. The minimum absolute atomic E-state index is 0.132. The smallest absolute Gasteiger partial charge is 0.279 e. The van der Waals surface area contributed by atoms with Crippen LogP contribution in [0.15, 0.2) is 48.5 Å². The lowest BCUT2D eigenvalue weighted by Gasteiger charge is -2.14. The molecule has 0 bridgehead atoms. The molecule has 0 saturated carbocycles. The number of hydrogen-bond acceptors (Lipinski definition) is 3. The van der Waals surface area contributed by atoms with Gasteiger partial charge in [0.25, 0.3) is 17.7 Å². The molecule has 0 aliphatic rings. The lowest BCUT2D eigenvalue weighted by atomic mass is 10.2. The Balaban J connectivity index is 1.83. The van der Waals surface area contributed by atoms with E-state index in [9.17, 15) is 14.4 Å². The van der Waals surface area contributed by atoms with E-state index >= 15 is 0 Å². The van der Waals surface area contributed by atoms with E-state index in [1.807, 2.05) is 38.1 Å². The third-order valence-corrected chi connectivity index (χ3v) is 4.01. The molecule has 3 amide bonds. The number of likely N-dealkylation sites (N-methyl/N-ethyl adjacent to an activating group) is 1. The van der Waals surface area contributed by atoms with E-state index < -0.39 is 0 Å². The number of anilines is 2. The standard InChI is InChI=1S/C21H26N4O3/c1-4-22-21(28)16-6-5-7-18(12-16)24-20(27)14-25(3)13-19(26)23-17-10-8-15(2)9-11-17/h5-12H,4,13-14H2,1-3H3,(H,22,28)(H,23,26)(H,24,27)/p+1. The van der Waals surface area contributed by atoms with Crippen LogP contribution in [0.2, 0.25) is 0 Å². The maximum absolute atomic E-state index is 12.2. The second-order valence-electron chi connectivity index (χ2n) is 6.71. The van der Waals surface area contributed by atoms with Crippen molar-refractivity contribution in [2.24, 2.45) is 0 Å². The van der Waals surface area contributed by atoms with E-state index in [-0.39, 0.29) is 30.8 Å². The number of nitrogens with one attached hydrogen (secondary N) is 4. The molecule has 2 rings (SSSR count). The molecule has 0 saturated heterocycles. The molecule has 2 aromatic carbocycles. The van der Waals surface area contributed by atoms with E-state index in [0.29, 0.717) is 17.8 Å². The Morgan fingerprint density at radius 3 is 2.11 bits per heavy atom. The molecule has 1 unspecified atom stereocenters. The van der Waals surface area contributed by atoms with E-state index in [1.54, 1.807) is 31.3 Å². The minimum Gasteiger partial charge on any atom is -0.352 e. The summed E-state index contributed by atoms with van der Waals surface area (Å²) in [7, 11) is 1.78. The van der Waals surface area contributed by atoms with Gasteiger partial charge in [0.15, 0.2) is 13.1 Å². The maximum Gasteiger partial charge on any atom is 0.279 e. The van der Waals surface area contributed by atoms with Crippen molar-refractivity contribution in [2.75, 3.05) is 37.3 Å². The molecule has 28 heavy (non-hydrogen) atoms. The lowest BCUT2D eigenvalue weighted by Crippen LogP contribution is -3.11. The average Bonchev–Trinajstić information content (AvgIpc) is 2.63. The molecule has 0 aliphatic carbocycles. The molecule has 7 heteroatoms. The molecular formula is C21H27N4O3+. The van der Waals surface area contributed by atoms with Crippen molar-refractivity contribution in [3.05, 3.63) is 59.7 Å². The van der Waals surface area contributed by atoms with Gasteiger partial charge in [-0.25, -0.2) is 0 Å². The van der Waals surface area contributed by atoms with Gasteiger partial charge in [0.05, 0.1) is 7.05 Å². The molecular weight excluding hydrogens is 356 g/mol. The van der Waals surface area contributed by atoms with Crippen LogP contribution in [0, 0.1) is 6.92 Å². The fourth-order valence-corrected chi connectivity index (χ4v) is 2.66. The Morgan fingerprint density at radius 1 is 0.893 bits per heavy atom. The molecule has 0 spiro atoms. The molecule has 4 N–H and O–H groups in total. The summed E-state index contributed by atoms with van der Waals surface area (Å²) in [5.41, 5.74) is 2.88. The predicted octanol–water partition coefficient (Wildman–Crippen LogP) is 0.837. The third-order valence-electron chi connectivity index (χ3n) is 4.01. The van der Waals surface area contributed by atoms with E-state index in [4.69, 9.17) is 0 Å². The Morgan fingerprint density at radius 2 is 1.50 bits per heavy atom. The number of rotatable bonds is 8. The fourth-order valence-electron chi connectivity index (χ4n) is 2.66. The molecule has 2 aromatic rings. The van der Waals surface area contributed by atoms with Gasteiger partial charge in [-0.15, -0.1) is 0 Å². The molecule has 148 valence electrons. The third kappa shape index (κ3) is 6.85. The van der Waals surface area contributed by atoms with E-state index in [2.05, 4.69) is 16.0 Å². The van der Waals surface area contributed by atoms with Gasteiger partial charge in [-0.1, -0.05) is 23.8 Å². The SMILES string of the molecule is CCNC(=O)c1cccc(NC(=O)C[NH+](C)CC(=O)Nc2ccc(C)cc2)c1. The lowest BCUT2D eigenvalue weighted by molar-refractivity contribution is -0.862. The van der Waals surface area contributed by atoms with Crippen molar-refractivity contribution >= 4 is 29.1 Å². The van der Waals surface area contributed by atoms with Gasteiger partial charge in [0.1, 0.15) is 0 Å². The number of hydrogen-bond donors (Lipinski definition) is 4. The second-order valence-corrected chi connectivity index (χ2v) is 6.71. The first kappa shape index (κ1) is 21.1. The highest BCUT2D eigenvalue weighted by Gasteiger charge is 2.15. The number of carbonyl (C=O) groups is 3. The summed E-state index contributed by atoms with van der Waals surface area (Å²) >= 11 is 0. The molecule has 1 atom stereocenters. The van der Waals surface area contributed by atoms with Crippen LogP contribution in [0.3, 0.4) is 0 Å². The topological polar surface area (TPSA) is 91.7 Å². The number of amides is 3.